The topological polar surface area (TPSA) is 35.6 Å². The second-order valence-electron chi connectivity index (χ2n) is 10.0. The molecule has 0 aliphatic carbocycles. The van der Waals surface area contributed by atoms with E-state index in [0.29, 0.717) is 0 Å². The van der Waals surface area contributed by atoms with Crippen LogP contribution in [0.4, 0.5) is 0 Å². The largest absolute Gasteiger partial charge is 0.308 e. The van der Waals surface area contributed by atoms with Crippen LogP contribution in [0.25, 0.3) is 55.0 Å². The van der Waals surface area contributed by atoms with E-state index in [-0.39, 0.29) is 0 Å². The van der Waals surface area contributed by atoms with Gasteiger partial charge in [-0.2, -0.15) is 0 Å². The molecule has 0 bridgehead atoms. The van der Waals surface area contributed by atoms with Gasteiger partial charge in [0.15, 0.2) is 0 Å². The first-order chi connectivity index (χ1) is 19.3. The highest BCUT2D eigenvalue weighted by molar-refractivity contribution is 6.09. The summed E-state index contributed by atoms with van der Waals surface area (Å²) >= 11 is 0. The summed E-state index contributed by atoms with van der Waals surface area (Å²) in [6, 6.07) is 39.1. The molecule has 8 rings (SSSR count). The lowest BCUT2D eigenvalue weighted by atomic mass is 10.0. The fraction of sp³-hybridized carbons (Fsp3) is 0.0286. The molecule has 4 heteroatoms. The number of hydrogen-bond donors (Lipinski definition) is 0. The lowest BCUT2D eigenvalue weighted by molar-refractivity contribution is 1.13. The minimum atomic E-state index is 0.879. The van der Waals surface area contributed by atoms with E-state index in [9.17, 15) is 0 Å². The molecule has 0 saturated carbocycles. The lowest BCUT2D eigenvalue weighted by Gasteiger charge is -2.10. The molecule has 0 amide bonds. The maximum absolute atomic E-state index is 4.40. The molecular weight excluding hydrogens is 476 g/mol. The zero-order valence-corrected chi connectivity index (χ0v) is 21.2. The smallest absolute Gasteiger partial charge is 0.0724 e. The van der Waals surface area contributed by atoms with Crippen molar-refractivity contribution in [2.45, 2.75) is 6.42 Å². The van der Waals surface area contributed by atoms with Crippen LogP contribution in [-0.2, 0) is 6.42 Å². The number of pyridine rings is 2. The van der Waals surface area contributed by atoms with Crippen LogP contribution in [0, 0.1) is 0 Å². The summed E-state index contributed by atoms with van der Waals surface area (Å²) in [5.41, 5.74) is 9.51. The molecule has 39 heavy (non-hydrogen) atoms. The third-order valence-electron chi connectivity index (χ3n) is 7.75. The molecule has 184 valence electrons. The fourth-order valence-corrected chi connectivity index (χ4v) is 5.95. The quantitative estimate of drug-likeness (QED) is 0.244. The van der Waals surface area contributed by atoms with E-state index in [2.05, 4.69) is 128 Å². The van der Waals surface area contributed by atoms with E-state index in [1.807, 2.05) is 24.8 Å². The van der Waals surface area contributed by atoms with Gasteiger partial charge in [-0.15, -0.1) is 0 Å². The highest BCUT2D eigenvalue weighted by atomic mass is 15.0. The lowest BCUT2D eigenvalue weighted by Crippen LogP contribution is -1.96. The van der Waals surface area contributed by atoms with E-state index in [0.717, 1.165) is 28.8 Å². The summed E-state index contributed by atoms with van der Waals surface area (Å²) in [6.07, 6.45) is 8.53. The minimum absolute atomic E-state index is 0.879. The second-order valence-corrected chi connectivity index (χ2v) is 10.0. The van der Waals surface area contributed by atoms with Crippen molar-refractivity contribution in [2.75, 3.05) is 0 Å². The Balaban J connectivity index is 1.12. The Bertz CT molecular complexity index is 1870. The van der Waals surface area contributed by atoms with Gasteiger partial charge in [-0.25, -0.2) is 0 Å². The molecule has 0 fully saturated rings. The van der Waals surface area contributed by atoms with Crippen LogP contribution >= 0.6 is 0 Å². The molecule has 4 aromatic heterocycles. The average molecular weight is 501 g/mol. The normalized spacial score (nSPS) is 11.7. The third kappa shape index (κ3) is 3.46. The average Bonchev–Trinajstić information content (AvgIpc) is 3.51. The van der Waals surface area contributed by atoms with E-state index < -0.39 is 0 Å². The van der Waals surface area contributed by atoms with Crippen molar-refractivity contribution in [2.24, 2.45) is 0 Å². The standard InChI is InChI=1S/C35H24N4/c1-3-7-32-28(5-1)30-17-19-36-22-34(30)38(32)26-13-9-24(10-14-26)21-25-11-15-27(16-12-25)39-33-8-4-2-6-29(33)31-18-20-37-23-35(31)39/h1-20,22-23H,21H2. The van der Waals surface area contributed by atoms with Crippen molar-refractivity contribution in [3.63, 3.8) is 0 Å². The molecule has 0 aliphatic heterocycles. The zero-order valence-electron chi connectivity index (χ0n) is 21.2. The molecule has 0 N–H and O–H groups in total. The Morgan fingerprint density at radius 3 is 1.28 bits per heavy atom. The molecule has 0 spiro atoms. The van der Waals surface area contributed by atoms with E-state index in [1.54, 1.807) is 0 Å². The Morgan fingerprint density at radius 1 is 0.410 bits per heavy atom. The van der Waals surface area contributed by atoms with Crippen LogP contribution in [0.1, 0.15) is 11.1 Å². The van der Waals surface area contributed by atoms with Gasteiger partial charge in [0, 0.05) is 45.3 Å². The Labute approximate surface area is 225 Å². The van der Waals surface area contributed by atoms with Crippen molar-refractivity contribution in [3.8, 4) is 11.4 Å². The van der Waals surface area contributed by atoms with Crippen LogP contribution in [0.2, 0.25) is 0 Å². The first kappa shape index (κ1) is 21.8. The maximum atomic E-state index is 4.40. The highest BCUT2D eigenvalue weighted by Gasteiger charge is 2.13. The molecule has 0 radical (unpaired) electrons. The summed E-state index contributed by atoms with van der Waals surface area (Å²) in [5.74, 6) is 0. The molecule has 4 heterocycles. The summed E-state index contributed by atoms with van der Waals surface area (Å²) < 4.78 is 4.60. The highest BCUT2D eigenvalue weighted by Crippen LogP contribution is 2.33. The first-order valence-electron chi connectivity index (χ1n) is 13.2. The summed E-state index contributed by atoms with van der Waals surface area (Å²) in [7, 11) is 0. The summed E-state index contributed by atoms with van der Waals surface area (Å²) in [5, 5.41) is 4.95. The van der Waals surface area contributed by atoms with Crippen LogP contribution in [0.3, 0.4) is 0 Å². The SMILES string of the molecule is c1ccc2c(c1)c1ccncc1n2-c1ccc(Cc2ccc(-n3c4ccccc4c4ccncc43)cc2)cc1. The Hall–Kier alpha value is -5.22. The van der Waals surface area contributed by atoms with E-state index in [4.69, 9.17) is 0 Å². The maximum Gasteiger partial charge on any atom is 0.0724 e. The van der Waals surface area contributed by atoms with Gasteiger partial charge >= 0.3 is 0 Å². The molecule has 4 aromatic carbocycles. The van der Waals surface area contributed by atoms with Gasteiger partial charge < -0.3 is 9.13 Å². The molecule has 0 saturated heterocycles. The van der Waals surface area contributed by atoms with Gasteiger partial charge in [0.2, 0.25) is 0 Å². The number of rotatable bonds is 4. The van der Waals surface area contributed by atoms with Crippen molar-refractivity contribution in [3.05, 3.63) is 145 Å². The number of para-hydroxylation sites is 2. The molecule has 0 unspecified atom stereocenters. The van der Waals surface area contributed by atoms with Crippen molar-refractivity contribution < 1.29 is 0 Å². The van der Waals surface area contributed by atoms with Crippen LogP contribution in [0.5, 0.6) is 0 Å². The summed E-state index contributed by atoms with van der Waals surface area (Å²) in [4.78, 5) is 8.80. The van der Waals surface area contributed by atoms with Crippen molar-refractivity contribution in [1.82, 2.24) is 19.1 Å². The summed E-state index contributed by atoms with van der Waals surface area (Å²) in [6.45, 7) is 0. The Kier molecular flexibility index (Phi) is 4.85. The monoisotopic (exact) mass is 500 g/mol. The minimum Gasteiger partial charge on any atom is -0.308 e. The molecule has 0 aliphatic rings. The van der Waals surface area contributed by atoms with Gasteiger partial charge in [0.1, 0.15) is 0 Å². The Morgan fingerprint density at radius 2 is 0.821 bits per heavy atom. The number of hydrogen-bond acceptors (Lipinski definition) is 2. The zero-order chi connectivity index (χ0) is 25.8. The fourth-order valence-electron chi connectivity index (χ4n) is 5.95. The second kappa shape index (κ2) is 8.67. The van der Waals surface area contributed by atoms with Gasteiger partial charge in [0.05, 0.1) is 34.5 Å². The van der Waals surface area contributed by atoms with Crippen molar-refractivity contribution in [1.29, 1.82) is 0 Å². The molecule has 8 aromatic rings. The van der Waals surface area contributed by atoms with Gasteiger partial charge in [0.25, 0.3) is 0 Å². The first-order valence-corrected chi connectivity index (χ1v) is 13.2. The van der Waals surface area contributed by atoms with Gasteiger partial charge in [-0.1, -0.05) is 60.7 Å². The van der Waals surface area contributed by atoms with Crippen LogP contribution < -0.4 is 0 Å². The molecule has 0 atom stereocenters. The van der Waals surface area contributed by atoms with Crippen LogP contribution in [0.15, 0.2) is 134 Å². The van der Waals surface area contributed by atoms with Gasteiger partial charge in [-0.3, -0.25) is 9.97 Å². The number of nitrogens with zero attached hydrogens (tertiary/aromatic N) is 4. The van der Waals surface area contributed by atoms with Crippen LogP contribution in [-0.4, -0.2) is 19.1 Å². The number of aromatic nitrogens is 4. The predicted octanol–water partition coefficient (Wildman–Crippen LogP) is 8.26. The predicted molar refractivity (Wildman–Crippen MR) is 160 cm³/mol. The number of fused-ring (bicyclic) bond motifs is 6. The number of benzene rings is 4. The molecular formula is C35H24N4. The van der Waals surface area contributed by atoms with Crippen molar-refractivity contribution >= 4 is 43.6 Å². The van der Waals surface area contributed by atoms with E-state index in [1.165, 1.54) is 43.7 Å². The van der Waals surface area contributed by atoms with E-state index >= 15 is 0 Å². The van der Waals surface area contributed by atoms with Gasteiger partial charge in [-0.05, 0) is 66.1 Å². The molecule has 4 nitrogen and oxygen atoms in total. The third-order valence-corrected chi connectivity index (χ3v) is 7.75.